The molecule has 0 radical (unpaired) electrons. The number of nitrogens with one attached hydrogen (secondary N) is 1. The quantitative estimate of drug-likeness (QED) is 0.923. The number of hydrogen-bond donors (Lipinski definition) is 1. The molecule has 2 rings (SSSR count). The van der Waals surface area contributed by atoms with Crippen LogP contribution in [0.3, 0.4) is 0 Å². The lowest BCUT2D eigenvalue weighted by Gasteiger charge is -2.08. The second-order valence-electron chi connectivity index (χ2n) is 3.69. The second kappa shape index (κ2) is 5.26. The van der Waals surface area contributed by atoms with Gasteiger partial charge in [0.25, 0.3) is 10.0 Å². The summed E-state index contributed by atoms with van der Waals surface area (Å²) in [5, 5.41) is 0. The van der Waals surface area contributed by atoms with Gasteiger partial charge in [-0.3, -0.25) is 4.72 Å². The predicted molar refractivity (Wildman–Crippen MR) is 71.3 cm³/mol. The number of rotatable bonds is 3. The van der Waals surface area contributed by atoms with Gasteiger partial charge < -0.3 is 0 Å². The summed E-state index contributed by atoms with van der Waals surface area (Å²) >= 11 is 2.96. The Morgan fingerprint density at radius 1 is 1.00 bits per heavy atom. The van der Waals surface area contributed by atoms with Gasteiger partial charge in [0.05, 0.1) is 15.1 Å². The van der Waals surface area contributed by atoms with Gasteiger partial charge >= 0.3 is 0 Å². The van der Waals surface area contributed by atoms with Gasteiger partial charge in [0.2, 0.25) is 0 Å². The minimum absolute atomic E-state index is 0.0747. The summed E-state index contributed by atoms with van der Waals surface area (Å²) in [6, 6.07) is 8.13. The lowest BCUT2D eigenvalue weighted by molar-refractivity contribution is 0.599. The van der Waals surface area contributed by atoms with Gasteiger partial charge in [0.15, 0.2) is 0 Å². The number of hydrogen-bond acceptors (Lipinski definition) is 2. The number of halogens is 3. The molecule has 2 aromatic rings. The zero-order valence-corrected chi connectivity index (χ0v) is 11.8. The summed E-state index contributed by atoms with van der Waals surface area (Å²) in [6.07, 6.45) is 0. The van der Waals surface area contributed by atoms with E-state index in [-0.39, 0.29) is 15.1 Å². The fraction of sp³-hybridized carbons (Fsp3) is 0. The number of anilines is 1. The maximum Gasteiger partial charge on any atom is 0.261 e. The summed E-state index contributed by atoms with van der Waals surface area (Å²) in [4.78, 5) is -0.0747. The molecule has 2 aromatic carbocycles. The monoisotopic (exact) mass is 347 g/mol. The topological polar surface area (TPSA) is 46.2 Å². The molecule has 3 nitrogen and oxygen atoms in total. The molecular formula is C12H8BrF2NO2S. The van der Waals surface area contributed by atoms with E-state index in [1.54, 1.807) is 0 Å². The Balaban J connectivity index is 2.30. The van der Waals surface area contributed by atoms with Crippen LogP contribution >= 0.6 is 15.9 Å². The third-order valence-electron chi connectivity index (χ3n) is 2.30. The average Bonchev–Trinajstić information content (AvgIpc) is 2.34. The van der Waals surface area contributed by atoms with Crippen LogP contribution in [0.4, 0.5) is 14.5 Å². The molecule has 100 valence electrons. The molecule has 0 bridgehead atoms. The Hall–Kier alpha value is -1.47. The van der Waals surface area contributed by atoms with Crippen molar-refractivity contribution in [1.82, 2.24) is 0 Å². The van der Waals surface area contributed by atoms with Crippen molar-refractivity contribution < 1.29 is 17.2 Å². The molecule has 0 spiro atoms. The molecule has 0 aliphatic carbocycles. The average molecular weight is 348 g/mol. The standard InChI is InChI=1S/C12H8BrF2NO2S/c13-11-7-9(3-6-12(11)15)16-19(17,18)10-4-1-8(14)2-5-10/h1-7,16H. The Morgan fingerprint density at radius 3 is 2.21 bits per heavy atom. The second-order valence-corrected chi connectivity index (χ2v) is 6.23. The Kier molecular flexibility index (Phi) is 3.86. The lowest BCUT2D eigenvalue weighted by atomic mass is 10.3. The van der Waals surface area contributed by atoms with E-state index in [0.29, 0.717) is 0 Å². The third kappa shape index (κ3) is 3.30. The summed E-state index contributed by atoms with van der Waals surface area (Å²) < 4.78 is 52.1. The lowest BCUT2D eigenvalue weighted by Crippen LogP contribution is -2.13. The largest absolute Gasteiger partial charge is 0.280 e. The van der Waals surface area contributed by atoms with E-state index >= 15 is 0 Å². The summed E-state index contributed by atoms with van der Waals surface area (Å²) in [7, 11) is -3.82. The van der Waals surface area contributed by atoms with E-state index in [0.717, 1.165) is 30.3 Å². The van der Waals surface area contributed by atoms with Crippen LogP contribution in [-0.2, 0) is 10.0 Å². The van der Waals surface area contributed by atoms with Crippen LogP contribution in [-0.4, -0.2) is 8.42 Å². The van der Waals surface area contributed by atoms with E-state index in [1.807, 2.05) is 0 Å². The van der Waals surface area contributed by atoms with Gasteiger partial charge in [-0.1, -0.05) is 0 Å². The van der Waals surface area contributed by atoms with Crippen molar-refractivity contribution in [3.8, 4) is 0 Å². The first kappa shape index (κ1) is 14.0. The Morgan fingerprint density at radius 2 is 1.63 bits per heavy atom. The normalized spacial score (nSPS) is 11.3. The molecule has 0 saturated heterocycles. The minimum atomic E-state index is -3.82. The van der Waals surface area contributed by atoms with Crippen molar-refractivity contribution in [3.05, 3.63) is 58.6 Å². The van der Waals surface area contributed by atoms with Gasteiger partial charge in [-0.15, -0.1) is 0 Å². The van der Waals surface area contributed by atoms with E-state index in [1.165, 1.54) is 12.1 Å². The van der Waals surface area contributed by atoms with Crippen LogP contribution in [0, 0.1) is 11.6 Å². The molecule has 0 atom stereocenters. The Labute approximate surface area is 117 Å². The number of benzene rings is 2. The first-order chi connectivity index (χ1) is 8.88. The maximum absolute atomic E-state index is 13.0. The molecule has 0 aromatic heterocycles. The molecule has 0 unspecified atom stereocenters. The first-order valence-corrected chi connectivity index (χ1v) is 7.39. The van der Waals surface area contributed by atoms with Gasteiger partial charge in [-0.25, -0.2) is 17.2 Å². The SMILES string of the molecule is O=S(=O)(Nc1ccc(F)c(Br)c1)c1ccc(F)cc1. The predicted octanol–water partition coefficient (Wildman–Crippen LogP) is 3.53. The molecule has 0 saturated carbocycles. The third-order valence-corrected chi connectivity index (χ3v) is 4.30. The van der Waals surface area contributed by atoms with Crippen molar-refractivity contribution in [1.29, 1.82) is 0 Å². The van der Waals surface area contributed by atoms with Crippen LogP contribution in [0.5, 0.6) is 0 Å². The molecule has 0 heterocycles. The highest BCUT2D eigenvalue weighted by Crippen LogP contribution is 2.22. The molecule has 19 heavy (non-hydrogen) atoms. The smallest absolute Gasteiger partial charge is 0.261 e. The van der Waals surface area contributed by atoms with Crippen LogP contribution in [0.1, 0.15) is 0 Å². The van der Waals surface area contributed by atoms with Gasteiger partial charge in [-0.2, -0.15) is 0 Å². The highest BCUT2D eigenvalue weighted by atomic mass is 79.9. The zero-order chi connectivity index (χ0) is 14.0. The summed E-state index contributed by atoms with van der Waals surface area (Å²) in [5.74, 6) is -1.02. The van der Waals surface area contributed by atoms with Crippen LogP contribution in [0.2, 0.25) is 0 Å². The summed E-state index contributed by atoms with van der Waals surface area (Å²) in [5.41, 5.74) is 0.206. The molecule has 1 N–H and O–H groups in total. The van der Waals surface area contributed by atoms with Crippen LogP contribution < -0.4 is 4.72 Å². The Bertz CT molecular complexity index is 702. The molecule has 0 fully saturated rings. The van der Waals surface area contributed by atoms with Gasteiger partial charge in [0.1, 0.15) is 11.6 Å². The molecule has 7 heteroatoms. The fourth-order valence-electron chi connectivity index (χ4n) is 1.39. The van der Waals surface area contributed by atoms with E-state index in [4.69, 9.17) is 0 Å². The molecule has 0 aliphatic heterocycles. The molecule has 0 aliphatic rings. The first-order valence-electron chi connectivity index (χ1n) is 5.12. The van der Waals surface area contributed by atoms with Crippen molar-refractivity contribution in [2.75, 3.05) is 4.72 Å². The van der Waals surface area contributed by atoms with Crippen LogP contribution in [0.15, 0.2) is 51.8 Å². The van der Waals surface area contributed by atoms with Gasteiger partial charge in [0, 0.05) is 0 Å². The minimum Gasteiger partial charge on any atom is -0.280 e. The molecular weight excluding hydrogens is 340 g/mol. The molecule has 0 amide bonds. The van der Waals surface area contributed by atoms with Crippen LogP contribution in [0.25, 0.3) is 0 Å². The summed E-state index contributed by atoms with van der Waals surface area (Å²) in [6.45, 7) is 0. The number of sulfonamides is 1. The van der Waals surface area contributed by atoms with Crippen molar-refractivity contribution in [3.63, 3.8) is 0 Å². The fourth-order valence-corrected chi connectivity index (χ4v) is 2.82. The van der Waals surface area contributed by atoms with Crippen molar-refractivity contribution >= 4 is 31.6 Å². The van der Waals surface area contributed by atoms with Gasteiger partial charge in [-0.05, 0) is 58.4 Å². The van der Waals surface area contributed by atoms with Crippen molar-refractivity contribution in [2.24, 2.45) is 0 Å². The van der Waals surface area contributed by atoms with E-state index < -0.39 is 21.7 Å². The van der Waals surface area contributed by atoms with E-state index in [2.05, 4.69) is 20.7 Å². The van der Waals surface area contributed by atoms with Crippen molar-refractivity contribution in [2.45, 2.75) is 4.90 Å². The zero-order valence-electron chi connectivity index (χ0n) is 9.40. The maximum atomic E-state index is 13.0. The highest BCUT2D eigenvalue weighted by Gasteiger charge is 2.14. The van der Waals surface area contributed by atoms with E-state index in [9.17, 15) is 17.2 Å². The highest BCUT2D eigenvalue weighted by molar-refractivity contribution is 9.10.